The minimum Gasteiger partial charge on any atom is -0.466 e. The topological polar surface area (TPSA) is 49.9 Å². The van der Waals surface area contributed by atoms with Crippen molar-refractivity contribution in [3.63, 3.8) is 0 Å². The molecule has 1 amide bonds. The lowest BCUT2D eigenvalue weighted by Gasteiger charge is -2.34. The SMILES string of the molecule is CCOC(=O)[C@@H]1CCCN(C(=O)CN(C)[C@@H]2C=CCCC2)C1. The molecule has 1 fully saturated rings. The number of hydrogen-bond donors (Lipinski definition) is 0. The van der Waals surface area contributed by atoms with E-state index >= 15 is 0 Å². The van der Waals surface area contributed by atoms with Crippen LogP contribution in [-0.2, 0) is 14.3 Å². The fourth-order valence-corrected chi connectivity index (χ4v) is 3.25. The number of ether oxygens (including phenoxy) is 1. The van der Waals surface area contributed by atoms with Crippen molar-refractivity contribution in [2.45, 2.75) is 45.1 Å². The number of amides is 1. The van der Waals surface area contributed by atoms with Crippen LogP contribution in [0.25, 0.3) is 0 Å². The molecular formula is C17H28N2O3. The highest BCUT2D eigenvalue weighted by Gasteiger charge is 2.30. The molecule has 2 atom stereocenters. The first kappa shape index (κ1) is 17.0. The molecule has 5 nitrogen and oxygen atoms in total. The maximum absolute atomic E-state index is 12.5. The summed E-state index contributed by atoms with van der Waals surface area (Å²) < 4.78 is 5.09. The summed E-state index contributed by atoms with van der Waals surface area (Å²) in [5.74, 6) is -0.198. The second-order valence-corrected chi connectivity index (χ2v) is 6.27. The molecule has 2 aliphatic rings. The van der Waals surface area contributed by atoms with Gasteiger partial charge < -0.3 is 9.64 Å². The number of likely N-dealkylation sites (tertiary alicyclic amines) is 1. The van der Waals surface area contributed by atoms with Gasteiger partial charge in [-0.05, 0) is 46.1 Å². The minimum atomic E-state index is -0.163. The molecule has 0 saturated carbocycles. The van der Waals surface area contributed by atoms with Crippen molar-refractivity contribution in [3.05, 3.63) is 12.2 Å². The summed E-state index contributed by atoms with van der Waals surface area (Å²) in [5.41, 5.74) is 0. The maximum Gasteiger partial charge on any atom is 0.310 e. The Morgan fingerprint density at radius 3 is 2.82 bits per heavy atom. The number of rotatable bonds is 5. The van der Waals surface area contributed by atoms with E-state index in [1.54, 1.807) is 0 Å². The van der Waals surface area contributed by atoms with Crippen molar-refractivity contribution in [2.75, 3.05) is 33.3 Å². The van der Waals surface area contributed by atoms with Gasteiger partial charge in [0.05, 0.1) is 19.1 Å². The minimum absolute atomic E-state index is 0.121. The van der Waals surface area contributed by atoms with E-state index in [4.69, 9.17) is 4.74 Å². The highest BCUT2D eigenvalue weighted by molar-refractivity contribution is 5.80. The Labute approximate surface area is 133 Å². The molecule has 2 rings (SSSR count). The maximum atomic E-state index is 12.5. The number of allylic oxidation sites excluding steroid dienone is 1. The van der Waals surface area contributed by atoms with E-state index in [0.29, 0.717) is 25.7 Å². The quantitative estimate of drug-likeness (QED) is 0.574. The van der Waals surface area contributed by atoms with Gasteiger partial charge in [-0.3, -0.25) is 14.5 Å². The number of hydrogen-bond acceptors (Lipinski definition) is 4. The third-order valence-electron chi connectivity index (χ3n) is 4.57. The Morgan fingerprint density at radius 1 is 1.32 bits per heavy atom. The molecule has 0 aromatic rings. The fourth-order valence-electron chi connectivity index (χ4n) is 3.25. The van der Waals surface area contributed by atoms with Gasteiger partial charge in [0.25, 0.3) is 0 Å². The van der Waals surface area contributed by atoms with Crippen LogP contribution in [0.5, 0.6) is 0 Å². The Kier molecular flexibility index (Phi) is 6.43. The van der Waals surface area contributed by atoms with Gasteiger partial charge >= 0.3 is 5.97 Å². The van der Waals surface area contributed by atoms with Crippen LogP contribution in [0.2, 0.25) is 0 Å². The molecule has 0 aromatic heterocycles. The van der Waals surface area contributed by atoms with E-state index in [1.807, 2.05) is 18.9 Å². The van der Waals surface area contributed by atoms with Gasteiger partial charge in [-0.15, -0.1) is 0 Å². The van der Waals surface area contributed by atoms with Gasteiger partial charge in [-0.2, -0.15) is 0 Å². The van der Waals surface area contributed by atoms with Crippen molar-refractivity contribution in [1.82, 2.24) is 9.80 Å². The van der Waals surface area contributed by atoms with E-state index in [2.05, 4.69) is 17.1 Å². The molecule has 1 aliphatic carbocycles. The number of likely N-dealkylation sites (N-methyl/N-ethyl adjacent to an activating group) is 1. The van der Waals surface area contributed by atoms with Crippen LogP contribution < -0.4 is 0 Å². The van der Waals surface area contributed by atoms with Gasteiger partial charge in [-0.25, -0.2) is 0 Å². The van der Waals surface area contributed by atoms with Crippen LogP contribution in [0.1, 0.15) is 39.0 Å². The van der Waals surface area contributed by atoms with E-state index in [1.165, 1.54) is 6.42 Å². The van der Waals surface area contributed by atoms with Gasteiger partial charge in [0.15, 0.2) is 0 Å². The first-order chi connectivity index (χ1) is 10.6. The van der Waals surface area contributed by atoms with Crippen molar-refractivity contribution in [3.8, 4) is 0 Å². The molecule has 1 saturated heterocycles. The molecule has 124 valence electrons. The number of carbonyl (C=O) groups excluding carboxylic acids is 2. The van der Waals surface area contributed by atoms with Crippen molar-refractivity contribution in [2.24, 2.45) is 5.92 Å². The van der Waals surface area contributed by atoms with Crippen molar-refractivity contribution in [1.29, 1.82) is 0 Å². The third-order valence-corrected chi connectivity index (χ3v) is 4.57. The molecular weight excluding hydrogens is 280 g/mol. The Balaban J connectivity index is 1.84. The molecule has 0 bridgehead atoms. The monoisotopic (exact) mass is 308 g/mol. The number of esters is 1. The average Bonchev–Trinajstić information content (AvgIpc) is 2.56. The lowest BCUT2D eigenvalue weighted by Crippen LogP contribution is -2.47. The summed E-state index contributed by atoms with van der Waals surface area (Å²) in [7, 11) is 2.00. The van der Waals surface area contributed by atoms with Gasteiger partial charge in [0, 0.05) is 19.1 Å². The van der Waals surface area contributed by atoms with E-state index in [0.717, 1.165) is 32.2 Å². The smallest absolute Gasteiger partial charge is 0.310 e. The molecule has 22 heavy (non-hydrogen) atoms. The molecule has 5 heteroatoms. The van der Waals surface area contributed by atoms with Crippen LogP contribution in [-0.4, -0.2) is 61.0 Å². The zero-order valence-corrected chi connectivity index (χ0v) is 13.8. The summed E-state index contributed by atoms with van der Waals surface area (Å²) in [6.45, 7) is 3.90. The zero-order chi connectivity index (χ0) is 15.9. The molecule has 0 N–H and O–H groups in total. The molecule has 1 heterocycles. The average molecular weight is 308 g/mol. The number of nitrogens with zero attached hydrogens (tertiary/aromatic N) is 2. The van der Waals surface area contributed by atoms with Crippen LogP contribution in [0.4, 0.5) is 0 Å². The molecule has 1 aliphatic heterocycles. The van der Waals surface area contributed by atoms with Crippen LogP contribution in [0.3, 0.4) is 0 Å². The number of carbonyl (C=O) groups is 2. The molecule has 0 radical (unpaired) electrons. The van der Waals surface area contributed by atoms with E-state index in [9.17, 15) is 9.59 Å². The summed E-state index contributed by atoms with van der Waals surface area (Å²) in [6, 6.07) is 0.364. The highest BCUT2D eigenvalue weighted by Crippen LogP contribution is 2.19. The van der Waals surface area contributed by atoms with Crippen LogP contribution >= 0.6 is 0 Å². The predicted molar refractivity (Wildman–Crippen MR) is 85.3 cm³/mol. The van der Waals surface area contributed by atoms with Gasteiger partial charge in [-0.1, -0.05) is 12.2 Å². The molecule has 0 unspecified atom stereocenters. The predicted octanol–water partition coefficient (Wildman–Crippen LogP) is 1.83. The summed E-state index contributed by atoms with van der Waals surface area (Å²) in [6.07, 6.45) is 9.55. The standard InChI is InChI=1S/C17H28N2O3/c1-3-22-17(21)14-8-7-11-19(12-14)16(20)13-18(2)15-9-5-4-6-10-15/h5,9,14-15H,3-4,6-8,10-13H2,1-2H3/t14-,15-/m1/s1. The Hall–Kier alpha value is -1.36. The molecule has 0 spiro atoms. The Bertz CT molecular complexity index is 422. The largest absolute Gasteiger partial charge is 0.466 e. The van der Waals surface area contributed by atoms with Gasteiger partial charge in [0.2, 0.25) is 5.91 Å². The first-order valence-corrected chi connectivity index (χ1v) is 8.43. The molecule has 0 aromatic carbocycles. The van der Waals surface area contributed by atoms with E-state index < -0.39 is 0 Å². The van der Waals surface area contributed by atoms with Crippen molar-refractivity contribution >= 4 is 11.9 Å². The van der Waals surface area contributed by atoms with Crippen LogP contribution in [0.15, 0.2) is 12.2 Å². The van der Waals surface area contributed by atoms with Gasteiger partial charge in [0.1, 0.15) is 0 Å². The Morgan fingerprint density at radius 2 is 2.14 bits per heavy atom. The van der Waals surface area contributed by atoms with Crippen LogP contribution in [0, 0.1) is 5.92 Å². The summed E-state index contributed by atoms with van der Waals surface area (Å²) in [5, 5.41) is 0. The lowest BCUT2D eigenvalue weighted by molar-refractivity contribution is -0.151. The van der Waals surface area contributed by atoms with E-state index in [-0.39, 0.29) is 17.8 Å². The summed E-state index contributed by atoms with van der Waals surface area (Å²) >= 11 is 0. The second kappa shape index (κ2) is 8.32. The second-order valence-electron chi connectivity index (χ2n) is 6.27. The highest BCUT2D eigenvalue weighted by atomic mass is 16.5. The lowest BCUT2D eigenvalue weighted by atomic mass is 9.98. The summed E-state index contributed by atoms with van der Waals surface area (Å²) in [4.78, 5) is 28.3. The first-order valence-electron chi connectivity index (χ1n) is 8.43. The normalized spacial score (nSPS) is 25.3. The van der Waals surface area contributed by atoms with Crippen molar-refractivity contribution < 1.29 is 14.3 Å². The zero-order valence-electron chi connectivity index (χ0n) is 13.8. The number of piperidine rings is 1. The third kappa shape index (κ3) is 4.57. The fraction of sp³-hybridized carbons (Fsp3) is 0.765.